The van der Waals surface area contributed by atoms with Gasteiger partial charge in [0.25, 0.3) is 0 Å². The van der Waals surface area contributed by atoms with Crippen molar-refractivity contribution in [1.29, 1.82) is 5.26 Å². The van der Waals surface area contributed by atoms with Gasteiger partial charge in [0.05, 0.1) is 7.11 Å². The van der Waals surface area contributed by atoms with Crippen LogP contribution >= 0.6 is 11.6 Å². The number of halogens is 1. The van der Waals surface area contributed by atoms with E-state index in [4.69, 9.17) is 16.3 Å². The van der Waals surface area contributed by atoms with E-state index in [1.165, 1.54) is 0 Å². The van der Waals surface area contributed by atoms with Crippen molar-refractivity contribution in [1.82, 2.24) is 10.2 Å². The summed E-state index contributed by atoms with van der Waals surface area (Å²) in [7, 11) is 1.59. The number of nitriles is 1. The van der Waals surface area contributed by atoms with Crippen LogP contribution in [0.5, 0.6) is 5.75 Å². The molecule has 0 saturated carbocycles. The van der Waals surface area contributed by atoms with Crippen LogP contribution in [0.1, 0.15) is 11.1 Å². The predicted octanol–water partition coefficient (Wildman–Crippen LogP) is 4.44. The van der Waals surface area contributed by atoms with Crippen molar-refractivity contribution in [2.24, 2.45) is 4.99 Å². The molecule has 0 amide bonds. The van der Waals surface area contributed by atoms with Gasteiger partial charge < -0.3 is 10.1 Å². The van der Waals surface area contributed by atoms with Crippen LogP contribution in [0, 0.1) is 11.3 Å². The van der Waals surface area contributed by atoms with Crippen molar-refractivity contribution >= 4 is 35.1 Å². The molecule has 6 nitrogen and oxygen atoms in total. The van der Waals surface area contributed by atoms with Gasteiger partial charge in [0.15, 0.2) is 5.82 Å². The normalized spacial score (nSPS) is 10.6. The first-order valence-corrected chi connectivity index (χ1v) is 7.77. The Balaban J connectivity index is 1.86. The van der Waals surface area contributed by atoms with Gasteiger partial charge in [0.2, 0.25) is 0 Å². The minimum atomic E-state index is 0.296. The van der Waals surface area contributed by atoms with E-state index in [1.54, 1.807) is 25.5 Å². The Labute approximate surface area is 149 Å². The quantitative estimate of drug-likeness (QED) is 0.665. The maximum Gasteiger partial charge on any atom is 0.193 e. The highest BCUT2D eigenvalue weighted by atomic mass is 35.5. The molecule has 0 atom stereocenters. The van der Waals surface area contributed by atoms with E-state index in [-0.39, 0.29) is 0 Å². The third-order valence-electron chi connectivity index (χ3n) is 3.44. The average molecular weight is 352 g/mol. The number of nitrogens with one attached hydrogen (secondary N) is 2. The van der Waals surface area contributed by atoms with Crippen molar-refractivity contribution in [3.05, 3.63) is 64.7 Å². The van der Waals surface area contributed by atoms with E-state index in [1.807, 2.05) is 36.4 Å². The summed E-state index contributed by atoms with van der Waals surface area (Å²) in [6.45, 7) is 0. The third-order valence-corrected chi connectivity index (χ3v) is 3.69. The van der Waals surface area contributed by atoms with E-state index in [2.05, 4.69) is 26.6 Å². The standard InChI is InChI=1S/C18H14ClN5O/c1-25-16-5-3-2-4-12(16)11-21-17-15(10-20)18(24-23-17)22-14-8-6-13(19)7-9-14/h2-9,11H,1H3,(H2,22,23,24). The molecule has 2 N–H and O–H groups in total. The lowest BCUT2D eigenvalue weighted by atomic mass is 10.2. The number of ether oxygens (including phenoxy) is 1. The number of aromatic nitrogens is 2. The molecule has 0 bridgehead atoms. The molecule has 0 aliphatic rings. The Morgan fingerprint density at radius 2 is 2.00 bits per heavy atom. The molecule has 1 heterocycles. The molecule has 0 radical (unpaired) electrons. The Morgan fingerprint density at radius 1 is 1.24 bits per heavy atom. The molecular formula is C18H14ClN5O. The van der Waals surface area contributed by atoms with Gasteiger partial charge in [-0.2, -0.15) is 10.4 Å². The maximum atomic E-state index is 9.44. The zero-order valence-corrected chi connectivity index (χ0v) is 14.1. The molecule has 2 aromatic carbocycles. The first kappa shape index (κ1) is 16.6. The Kier molecular flexibility index (Phi) is 4.97. The monoisotopic (exact) mass is 351 g/mol. The number of hydrogen-bond acceptors (Lipinski definition) is 5. The minimum absolute atomic E-state index is 0.296. The number of para-hydroxylation sites is 1. The van der Waals surface area contributed by atoms with Gasteiger partial charge >= 0.3 is 0 Å². The second kappa shape index (κ2) is 7.51. The van der Waals surface area contributed by atoms with Crippen LogP contribution < -0.4 is 10.1 Å². The van der Waals surface area contributed by atoms with Gasteiger partial charge in [-0.1, -0.05) is 23.7 Å². The van der Waals surface area contributed by atoms with Crippen LogP contribution in [-0.4, -0.2) is 23.5 Å². The molecule has 0 saturated heterocycles. The zero-order chi connectivity index (χ0) is 17.6. The van der Waals surface area contributed by atoms with Gasteiger partial charge in [0.1, 0.15) is 23.2 Å². The highest BCUT2D eigenvalue weighted by Crippen LogP contribution is 2.26. The molecule has 1 aromatic heterocycles. The molecular weight excluding hydrogens is 338 g/mol. The molecule has 0 unspecified atom stereocenters. The number of nitrogens with zero attached hydrogens (tertiary/aromatic N) is 3. The first-order chi connectivity index (χ1) is 12.2. The zero-order valence-electron chi connectivity index (χ0n) is 13.3. The summed E-state index contributed by atoms with van der Waals surface area (Å²) in [5.41, 5.74) is 1.90. The Bertz CT molecular complexity index is 941. The minimum Gasteiger partial charge on any atom is -0.496 e. The van der Waals surface area contributed by atoms with Crippen LogP contribution in [0.25, 0.3) is 0 Å². The number of hydrogen-bond donors (Lipinski definition) is 2. The van der Waals surface area contributed by atoms with Crippen LogP contribution in [0.15, 0.2) is 53.5 Å². The summed E-state index contributed by atoms with van der Waals surface area (Å²) in [5.74, 6) is 1.46. The van der Waals surface area contributed by atoms with E-state index in [9.17, 15) is 5.26 Å². The molecule has 3 rings (SSSR count). The first-order valence-electron chi connectivity index (χ1n) is 7.39. The van der Waals surface area contributed by atoms with E-state index >= 15 is 0 Å². The highest BCUT2D eigenvalue weighted by molar-refractivity contribution is 6.30. The van der Waals surface area contributed by atoms with E-state index in [0.717, 1.165) is 11.3 Å². The van der Waals surface area contributed by atoms with Gasteiger partial charge in [-0.05, 0) is 36.4 Å². The lowest BCUT2D eigenvalue weighted by molar-refractivity contribution is 0.414. The summed E-state index contributed by atoms with van der Waals surface area (Å²) < 4.78 is 5.28. The maximum absolute atomic E-state index is 9.44. The number of anilines is 2. The lowest BCUT2D eigenvalue weighted by Crippen LogP contribution is -1.92. The number of rotatable bonds is 5. The van der Waals surface area contributed by atoms with Crippen molar-refractivity contribution < 1.29 is 4.74 Å². The smallest absolute Gasteiger partial charge is 0.193 e. The number of benzene rings is 2. The fourth-order valence-corrected chi connectivity index (χ4v) is 2.33. The third kappa shape index (κ3) is 3.79. The molecule has 7 heteroatoms. The molecule has 0 fully saturated rings. The average Bonchev–Trinajstić information content (AvgIpc) is 3.03. The van der Waals surface area contributed by atoms with Crippen molar-refractivity contribution in [2.75, 3.05) is 12.4 Å². The SMILES string of the molecule is COc1ccccc1C=Nc1n[nH]c(Nc2ccc(Cl)cc2)c1C#N. The summed E-state index contributed by atoms with van der Waals surface area (Å²) in [6.07, 6.45) is 1.61. The lowest BCUT2D eigenvalue weighted by Gasteiger charge is -2.03. The molecule has 25 heavy (non-hydrogen) atoms. The molecule has 0 spiro atoms. The second-order valence-corrected chi connectivity index (χ2v) is 5.48. The molecule has 124 valence electrons. The van der Waals surface area contributed by atoms with E-state index < -0.39 is 0 Å². The summed E-state index contributed by atoms with van der Waals surface area (Å²) in [4.78, 5) is 4.30. The van der Waals surface area contributed by atoms with Crippen LogP contribution in [0.3, 0.4) is 0 Å². The second-order valence-electron chi connectivity index (χ2n) is 5.04. The van der Waals surface area contributed by atoms with Crippen LogP contribution in [0.2, 0.25) is 5.02 Å². The summed E-state index contributed by atoms with van der Waals surface area (Å²) in [5, 5.41) is 20.1. The largest absolute Gasteiger partial charge is 0.496 e. The fraction of sp³-hybridized carbons (Fsp3) is 0.0556. The summed E-state index contributed by atoms with van der Waals surface area (Å²) >= 11 is 5.87. The van der Waals surface area contributed by atoms with Crippen molar-refractivity contribution in [3.8, 4) is 11.8 Å². The van der Waals surface area contributed by atoms with Gasteiger partial charge in [0, 0.05) is 22.5 Å². The van der Waals surface area contributed by atoms with Crippen molar-refractivity contribution in [2.45, 2.75) is 0 Å². The fourth-order valence-electron chi connectivity index (χ4n) is 2.20. The summed E-state index contributed by atoms with van der Waals surface area (Å²) in [6, 6.07) is 16.7. The number of aliphatic imine (C=N–C) groups is 1. The van der Waals surface area contributed by atoms with Crippen molar-refractivity contribution in [3.63, 3.8) is 0 Å². The van der Waals surface area contributed by atoms with Gasteiger partial charge in [-0.15, -0.1) is 0 Å². The number of aromatic amines is 1. The van der Waals surface area contributed by atoms with Crippen LogP contribution in [-0.2, 0) is 0 Å². The topological polar surface area (TPSA) is 86.1 Å². The van der Waals surface area contributed by atoms with E-state index in [0.29, 0.717) is 28.0 Å². The number of H-pyrrole nitrogens is 1. The highest BCUT2D eigenvalue weighted by Gasteiger charge is 2.12. The predicted molar refractivity (Wildman–Crippen MR) is 98.3 cm³/mol. The molecule has 3 aromatic rings. The van der Waals surface area contributed by atoms with Gasteiger partial charge in [-0.3, -0.25) is 5.10 Å². The Hall–Kier alpha value is -3.30. The molecule has 0 aliphatic carbocycles. The molecule has 0 aliphatic heterocycles. The Morgan fingerprint density at radius 3 is 2.72 bits per heavy atom. The van der Waals surface area contributed by atoms with Gasteiger partial charge in [-0.25, -0.2) is 4.99 Å². The van der Waals surface area contributed by atoms with Crippen LogP contribution in [0.4, 0.5) is 17.3 Å². The number of methoxy groups -OCH3 is 1.